The molecule has 2 rings (SSSR count). The molecule has 0 spiro atoms. The Hall–Kier alpha value is -1.47. The fourth-order valence-corrected chi connectivity index (χ4v) is 2.31. The highest BCUT2D eigenvalue weighted by molar-refractivity contribution is 14.1. The van der Waals surface area contributed by atoms with Gasteiger partial charge < -0.3 is 14.8 Å². The molecule has 2 aromatic carbocycles. The van der Waals surface area contributed by atoms with E-state index in [9.17, 15) is 4.79 Å². The molecule has 0 saturated heterocycles. The van der Waals surface area contributed by atoms with Crippen molar-refractivity contribution < 1.29 is 14.3 Å². The van der Waals surface area contributed by atoms with Crippen LogP contribution in [0.5, 0.6) is 11.5 Å². The molecule has 0 fully saturated rings. The third-order valence-corrected chi connectivity index (χ3v) is 4.06. The van der Waals surface area contributed by atoms with Crippen molar-refractivity contribution in [2.24, 2.45) is 0 Å². The maximum absolute atomic E-state index is 12.0. The van der Waals surface area contributed by atoms with E-state index in [0.29, 0.717) is 22.2 Å². The second kappa shape index (κ2) is 7.69. The number of halogens is 2. The normalized spacial score (nSPS) is 10.2. The first kappa shape index (κ1) is 16.9. The van der Waals surface area contributed by atoms with Gasteiger partial charge >= 0.3 is 0 Å². The average molecular weight is 432 g/mol. The van der Waals surface area contributed by atoms with Crippen molar-refractivity contribution in [3.05, 3.63) is 50.6 Å². The fourth-order valence-electron chi connectivity index (χ4n) is 1.80. The predicted octanol–water partition coefficient (Wildman–Crippen LogP) is 4.28. The summed E-state index contributed by atoms with van der Waals surface area (Å²) in [6, 6.07) is 10.9. The van der Waals surface area contributed by atoms with Crippen LogP contribution in [-0.4, -0.2) is 19.6 Å². The van der Waals surface area contributed by atoms with Crippen LogP contribution in [0.4, 0.5) is 5.69 Å². The van der Waals surface area contributed by atoms with Gasteiger partial charge in [0.05, 0.1) is 12.8 Å². The SMILES string of the molecule is COc1cc(Cl)c(C)cc1NC(=O)COc1ccc(I)cc1. The maximum Gasteiger partial charge on any atom is 0.262 e. The Balaban J connectivity index is 2.00. The zero-order valence-electron chi connectivity index (χ0n) is 12.2. The number of rotatable bonds is 5. The number of aryl methyl sites for hydroxylation is 1. The number of methoxy groups -OCH3 is 1. The monoisotopic (exact) mass is 431 g/mol. The summed E-state index contributed by atoms with van der Waals surface area (Å²) in [5.41, 5.74) is 1.43. The Labute approximate surface area is 147 Å². The van der Waals surface area contributed by atoms with Crippen LogP contribution in [0.25, 0.3) is 0 Å². The van der Waals surface area contributed by atoms with Crippen LogP contribution >= 0.6 is 34.2 Å². The van der Waals surface area contributed by atoms with Crippen molar-refractivity contribution in [2.75, 3.05) is 19.0 Å². The number of anilines is 1. The highest BCUT2D eigenvalue weighted by Gasteiger charge is 2.11. The number of carbonyl (C=O) groups is 1. The molecule has 0 unspecified atom stereocenters. The van der Waals surface area contributed by atoms with Crippen LogP contribution in [0.15, 0.2) is 36.4 Å². The third-order valence-electron chi connectivity index (χ3n) is 2.94. The molecule has 0 aliphatic heterocycles. The molecule has 6 heteroatoms. The predicted molar refractivity (Wildman–Crippen MR) is 96.0 cm³/mol. The van der Waals surface area contributed by atoms with E-state index in [4.69, 9.17) is 21.1 Å². The van der Waals surface area contributed by atoms with Gasteiger partial charge in [-0.15, -0.1) is 0 Å². The average Bonchev–Trinajstić information content (AvgIpc) is 2.50. The van der Waals surface area contributed by atoms with Crippen LogP contribution in [-0.2, 0) is 4.79 Å². The zero-order chi connectivity index (χ0) is 16.1. The largest absolute Gasteiger partial charge is 0.495 e. The Kier molecular flexibility index (Phi) is 5.90. The lowest BCUT2D eigenvalue weighted by atomic mass is 10.2. The summed E-state index contributed by atoms with van der Waals surface area (Å²) in [4.78, 5) is 12.0. The van der Waals surface area contributed by atoms with E-state index in [0.717, 1.165) is 9.13 Å². The minimum Gasteiger partial charge on any atom is -0.495 e. The minimum atomic E-state index is -0.265. The topological polar surface area (TPSA) is 47.6 Å². The Morgan fingerprint density at radius 2 is 1.95 bits per heavy atom. The molecular weight excluding hydrogens is 417 g/mol. The Morgan fingerprint density at radius 1 is 1.27 bits per heavy atom. The van der Waals surface area contributed by atoms with Crippen LogP contribution in [0.1, 0.15) is 5.56 Å². The lowest BCUT2D eigenvalue weighted by Gasteiger charge is -2.12. The van der Waals surface area contributed by atoms with Gasteiger partial charge in [0.15, 0.2) is 6.61 Å². The van der Waals surface area contributed by atoms with Gasteiger partial charge in [0, 0.05) is 14.7 Å². The molecule has 0 heterocycles. The molecule has 0 saturated carbocycles. The van der Waals surface area contributed by atoms with Gasteiger partial charge in [-0.2, -0.15) is 0 Å². The van der Waals surface area contributed by atoms with E-state index in [1.807, 2.05) is 31.2 Å². The molecule has 0 bridgehead atoms. The van der Waals surface area contributed by atoms with Gasteiger partial charge in [-0.3, -0.25) is 4.79 Å². The van der Waals surface area contributed by atoms with Crippen molar-refractivity contribution in [1.29, 1.82) is 0 Å². The van der Waals surface area contributed by atoms with Crippen LogP contribution in [0.3, 0.4) is 0 Å². The van der Waals surface area contributed by atoms with E-state index in [1.165, 1.54) is 7.11 Å². The van der Waals surface area contributed by atoms with Crippen LogP contribution in [0.2, 0.25) is 5.02 Å². The number of ether oxygens (including phenoxy) is 2. The summed E-state index contributed by atoms with van der Waals surface area (Å²) in [5.74, 6) is 0.895. The molecule has 116 valence electrons. The van der Waals surface area contributed by atoms with Gasteiger partial charge in [-0.1, -0.05) is 11.6 Å². The summed E-state index contributed by atoms with van der Waals surface area (Å²) < 4.78 is 11.8. The maximum atomic E-state index is 12.0. The van der Waals surface area contributed by atoms with E-state index < -0.39 is 0 Å². The second-order valence-electron chi connectivity index (χ2n) is 4.59. The Morgan fingerprint density at radius 3 is 2.59 bits per heavy atom. The number of hydrogen-bond donors (Lipinski definition) is 1. The van der Waals surface area contributed by atoms with Gasteiger partial charge in [-0.25, -0.2) is 0 Å². The summed E-state index contributed by atoms with van der Waals surface area (Å²) in [6.45, 7) is 1.78. The quantitative estimate of drug-likeness (QED) is 0.719. The number of amides is 1. The molecule has 22 heavy (non-hydrogen) atoms. The number of carbonyl (C=O) groups excluding carboxylic acids is 1. The minimum absolute atomic E-state index is 0.0780. The lowest BCUT2D eigenvalue weighted by Crippen LogP contribution is -2.20. The van der Waals surface area contributed by atoms with Gasteiger partial charge in [0.2, 0.25) is 0 Å². The van der Waals surface area contributed by atoms with Crippen molar-refractivity contribution in [3.63, 3.8) is 0 Å². The van der Waals surface area contributed by atoms with Gasteiger partial charge in [0.25, 0.3) is 5.91 Å². The van der Waals surface area contributed by atoms with Crippen molar-refractivity contribution in [2.45, 2.75) is 6.92 Å². The highest BCUT2D eigenvalue weighted by atomic mass is 127. The summed E-state index contributed by atoms with van der Waals surface area (Å²) in [5, 5.41) is 3.35. The molecule has 0 aromatic heterocycles. The zero-order valence-corrected chi connectivity index (χ0v) is 15.1. The van der Waals surface area contributed by atoms with E-state index in [2.05, 4.69) is 27.9 Å². The van der Waals surface area contributed by atoms with Crippen LogP contribution < -0.4 is 14.8 Å². The molecule has 0 radical (unpaired) electrons. The van der Waals surface area contributed by atoms with Crippen LogP contribution in [0, 0.1) is 10.5 Å². The molecule has 1 amide bonds. The smallest absolute Gasteiger partial charge is 0.262 e. The molecule has 0 aliphatic rings. The lowest BCUT2D eigenvalue weighted by molar-refractivity contribution is -0.118. The van der Waals surface area contributed by atoms with E-state index >= 15 is 0 Å². The van der Waals surface area contributed by atoms with Crippen molar-refractivity contribution in [3.8, 4) is 11.5 Å². The van der Waals surface area contributed by atoms with Crippen molar-refractivity contribution >= 4 is 45.8 Å². The number of benzene rings is 2. The molecule has 2 aromatic rings. The standard InChI is InChI=1S/C16H15ClINO3/c1-10-7-14(15(21-2)8-13(10)17)19-16(20)9-22-12-5-3-11(18)4-6-12/h3-8H,9H2,1-2H3,(H,19,20). The first-order valence-electron chi connectivity index (χ1n) is 6.52. The first-order chi connectivity index (χ1) is 10.5. The van der Waals surface area contributed by atoms with Crippen molar-refractivity contribution in [1.82, 2.24) is 0 Å². The summed E-state index contributed by atoms with van der Waals surface area (Å²) >= 11 is 8.24. The first-order valence-corrected chi connectivity index (χ1v) is 7.97. The van der Waals surface area contributed by atoms with Gasteiger partial charge in [0.1, 0.15) is 11.5 Å². The molecular formula is C16H15ClINO3. The van der Waals surface area contributed by atoms with E-state index in [-0.39, 0.29) is 12.5 Å². The van der Waals surface area contributed by atoms with Gasteiger partial charge in [-0.05, 0) is 65.4 Å². The number of nitrogens with one attached hydrogen (secondary N) is 1. The second-order valence-corrected chi connectivity index (χ2v) is 6.25. The molecule has 0 aliphatic carbocycles. The molecule has 4 nitrogen and oxygen atoms in total. The third kappa shape index (κ3) is 4.51. The summed E-state index contributed by atoms with van der Waals surface area (Å²) in [6.07, 6.45) is 0. The fraction of sp³-hybridized carbons (Fsp3) is 0.188. The van der Waals surface area contributed by atoms with E-state index in [1.54, 1.807) is 12.1 Å². The Bertz CT molecular complexity index is 674. The molecule has 0 atom stereocenters. The highest BCUT2D eigenvalue weighted by Crippen LogP contribution is 2.30. The summed E-state index contributed by atoms with van der Waals surface area (Å²) in [7, 11) is 1.53. The molecule has 1 N–H and O–H groups in total. The number of hydrogen-bond acceptors (Lipinski definition) is 3.